The molecular formula is C12H12NO. The summed E-state index contributed by atoms with van der Waals surface area (Å²) in [6, 6.07) is 8.27. The van der Waals surface area contributed by atoms with Gasteiger partial charge in [0.2, 0.25) is 0 Å². The van der Waals surface area contributed by atoms with Gasteiger partial charge in [0.05, 0.1) is 5.60 Å². The summed E-state index contributed by atoms with van der Waals surface area (Å²) in [6.07, 6.45) is 2.34. The number of aliphatic hydroxyl groups is 1. The van der Waals surface area contributed by atoms with Gasteiger partial charge in [-0.1, -0.05) is 11.8 Å². The van der Waals surface area contributed by atoms with Crippen LogP contribution in [-0.2, 0) is 0 Å². The van der Waals surface area contributed by atoms with Crippen molar-refractivity contribution in [3.63, 3.8) is 0 Å². The summed E-state index contributed by atoms with van der Waals surface area (Å²) < 4.78 is 0. The Labute approximate surface area is 83.7 Å². The summed E-state index contributed by atoms with van der Waals surface area (Å²) in [7, 11) is 0. The maximum absolute atomic E-state index is 9.52. The smallest absolute Gasteiger partial charge is 0.0758 e. The van der Waals surface area contributed by atoms with Crippen LogP contribution in [-0.4, -0.2) is 10.7 Å². The molecule has 0 amide bonds. The lowest BCUT2D eigenvalue weighted by atomic mass is 10.2. The molecule has 0 atom stereocenters. The molecule has 14 heavy (non-hydrogen) atoms. The first kappa shape index (κ1) is 9.11. The van der Waals surface area contributed by atoms with Crippen LogP contribution in [0.2, 0.25) is 0 Å². The third-order valence-electron chi connectivity index (χ3n) is 2.31. The largest absolute Gasteiger partial charge is 0.398 e. The SMILES string of the molecule is Nc1[c]cc(C#CCC2(O)CC2)cc1. The van der Waals surface area contributed by atoms with E-state index in [0.29, 0.717) is 12.1 Å². The zero-order valence-corrected chi connectivity index (χ0v) is 7.88. The van der Waals surface area contributed by atoms with Crippen LogP contribution < -0.4 is 5.73 Å². The van der Waals surface area contributed by atoms with Gasteiger partial charge >= 0.3 is 0 Å². The van der Waals surface area contributed by atoms with Gasteiger partial charge in [-0.15, -0.1) is 0 Å². The van der Waals surface area contributed by atoms with Gasteiger partial charge in [-0.25, -0.2) is 0 Å². The van der Waals surface area contributed by atoms with E-state index in [4.69, 9.17) is 5.73 Å². The van der Waals surface area contributed by atoms with E-state index < -0.39 is 5.60 Å². The Bertz CT molecular complexity index is 379. The Kier molecular flexibility index (Phi) is 2.18. The highest BCUT2D eigenvalue weighted by molar-refractivity contribution is 5.43. The molecule has 1 aliphatic carbocycles. The van der Waals surface area contributed by atoms with Gasteiger partial charge in [0.1, 0.15) is 0 Å². The topological polar surface area (TPSA) is 46.2 Å². The molecule has 1 radical (unpaired) electrons. The van der Waals surface area contributed by atoms with Crippen LogP contribution in [0.1, 0.15) is 24.8 Å². The number of nitrogens with two attached hydrogens (primary N) is 1. The van der Waals surface area contributed by atoms with Crippen molar-refractivity contribution in [2.45, 2.75) is 24.9 Å². The van der Waals surface area contributed by atoms with Crippen molar-refractivity contribution in [1.82, 2.24) is 0 Å². The summed E-state index contributed by atoms with van der Waals surface area (Å²) in [5, 5.41) is 9.52. The minimum absolute atomic E-state index is 0.482. The quantitative estimate of drug-likeness (QED) is 0.513. The van der Waals surface area contributed by atoms with Crippen molar-refractivity contribution in [3.8, 4) is 11.8 Å². The van der Waals surface area contributed by atoms with E-state index in [-0.39, 0.29) is 0 Å². The van der Waals surface area contributed by atoms with Gasteiger partial charge in [0.15, 0.2) is 0 Å². The molecule has 0 heterocycles. The average Bonchev–Trinajstić information content (AvgIpc) is 2.88. The lowest BCUT2D eigenvalue weighted by molar-refractivity contribution is 0.156. The Hall–Kier alpha value is -1.46. The second-order valence-electron chi connectivity index (χ2n) is 3.74. The van der Waals surface area contributed by atoms with Crippen molar-refractivity contribution >= 4 is 5.69 Å². The van der Waals surface area contributed by atoms with Gasteiger partial charge in [-0.2, -0.15) is 0 Å². The second-order valence-corrected chi connectivity index (χ2v) is 3.74. The molecule has 1 aromatic carbocycles. The fourth-order valence-electron chi connectivity index (χ4n) is 1.15. The fraction of sp³-hybridized carbons (Fsp3) is 0.333. The molecule has 0 bridgehead atoms. The zero-order valence-electron chi connectivity index (χ0n) is 7.88. The van der Waals surface area contributed by atoms with E-state index in [9.17, 15) is 5.11 Å². The van der Waals surface area contributed by atoms with Gasteiger partial charge < -0.3 is 10.8 Å². The van der Waals surface area contributed by atoms with Gasteiger partial charge in [0.25, 0.3) is 0 Å². The van der Waals surface area contributed by atoms with Crippen LogP contribution >= 0.6 is 0 Å². The van der Waals surface area contributed by atoms with Crippen LogP contribution in [0.5, 0.6) is 0 Å². The predicted octanol–water partition coefficient (Wildman–Crippen LogP) is 1.34. The third-order valence-corrected chi connectivity index (χ3v) is 2.31. The molecule has 2 heteroatoms. The van der Waals surface area contributed by atoms with Crippen LogP contribution in [0, 0.1) is 17.9 Å². The van der Waals surface area contributed by atoms with Crippen LogP contribution in [0.4, 0.5) is 5.69 Å². The van der Waals surface area contributed by atoms with E-state index in [2.05, 4.69) is 17.9 Å². The zero-order chi connectivity index (χ0) is 10.0. The number of benzene rings is 1. The molecule has 3 N–H and O–H groups in total. The predicted molar refractivity (Wildman–Crippen MR) is 55.4 cm³/mol. The van der Waals surface area contributed by atoms with E-state index in [0.717, 1.165) is 18.4 Å². The Morgan fingerprint density at radius 1 is 1.50 bits per heavy atom. The number of anilines is 1. The van der Waals surface area contributed by atoms with E-state index in [1.165, 1.54) is 0 Å². The minimum Gasteiger partial charge on any atom is -0.398 e. The van der Waals surface area contributed by atoms with Crippen molar-refractivity contribution in [2.75, 3.05) is 5.73 Å². The van der Waals surface area contributed by atoms with Crippen molar-refractivity contribution < 1.29 is 5.11 Å². The minimum atomic E-state index is -0.482. The third kappa shape index (κ3) is 2.27. The highest BCUT2D eigenvalue weighted by Crippen LogP contribution is 2.37. The first-order chi connectivity index (χ1) is 6.68. The summed E-state index contributed by atoms with van der Waals surface area (Å²) in [5.41, 5.74) is 6.52. The molecule has 1 fully saturated rings. The van der Waals surface area contributed by atoms with Crippen LogP contribution in [0.25, 0.3) is 0 Å². The van der Waals surface area contributed by atoms with Crippen LogP contribution in [0.3, 0.4) is 0 Å². The van der Waals surface area contributed by atoms with E-state index in [1.54, 1.807) is 12.1 Å². The van der Waals surface area contributed by atoms with Gasteiger partial charge in [0, 0.05) is 23.7 Å². The van der Waals surface area contributed by atoms with Gasteiger partial charge in [-0.3, -0.25) is 0 Å². The first-order valence-corrected chi connectivity index (χ1v) is 4.66. The van der Waals surface area contributed by atoms with Crippen molar-refractivity contribution in [3.05, 3.63) is 29.8 Å². The number of hydrogen-bond donors (Lipinski definition) is 2. The Balaban J connectivity index is 1.99. The maximum Gasteiger partial charge on any atom is 0.0758 e. The summed E-state index contributed by atoms with van der Waals surface area (Å²) >= 11 is 0. The van der Waals surface area contributed by atoms with E-state index in [1.807, 2.05) is 6.07 Å². The molecule has 1 saturated carbocycles. The Morgan fingerprint density at radius 3 is 2.86 bits per heavy atom. The standard InChI is InChI=1S/C12H12NO/c13-11-5-3-10(4-6-11)2-1-7-12(14)8-9-12/h3-5,14H,7-9,13H2. The normalized spacial score (nSPS) is 16.9. The summed E-state index contributed by atoms with van der Waals surface area (Å²) in [4.78, 5) is 0. The molecule has 0 aliphatic heterocycles. The van der Waals surface area contributed by atoms with E-state index >= 15 is 0 Å². The number of hydrogen-bond acceptors (Lipinski definition) is 2. The molecular weight excluding hydrogens is 174 g/mol. The number of rotatable bonds is 1. The lowest BCUT2D eigenvalue weighted by Crippen LogP contribution is -2.03. The molecule has 0 saturated heterocycles. The molecule has 2 nitrogen and oxygen atoms in total. The average molecular weight is 186 g/mol. The molecule has 1 aliphatic rings. The highest BCUT2D eigenvalue weighted by Gasteiger charge is 2.39. The summed E-state index contributed by atoms with van der Waals surface area (Å²) in [5.74, 6) is 5.93. The Morgan fingerprint density at radius 2 is 2.29 bits per heavy atom. The number of nitrogen functional groups attached to an aromatic ring is 1. The maximum atomic E-state index is 9.52. The first-order valence-electron chi connectivity index (χ1n) is 4.66. The fourth-order valence-corrected chi connectivity index (χ4v) is 1.15. The van der Waals surface area contributed by atoms with Crippen molar-refractivity contribution in [1.29, 1.82) is 0 Å². The van der Waals surface area contributed by atoms with Crippen LogP contribution in [0.15, 0.2) is 18.2 Å². The molecule has 0 unspecified atom stereocenters. The molecule has 1 aromatic rings. The summed E-state index contributed by atoms with van der Waals surface area (Å²) in [6.45, 7) is 0. The molecule has 0 aromatic heterocycles. The van der Waals surface area contributed by atoms with Gasteiger partial charge in [-0.05, 0) is 31.0 Å². The second kappa shape index (κ2) is 3.36. The van der Waals surface area contributed by atoms with Crippen molar-refractivity contribution in [2.24, 2.45) is 0 Å². The highest BCUT2D eigenvalue weighted by atomic mass is 16.3. The molecule has 71 valence electrons. The molecule has 0 spiro atoms. The monoisotopic (exact) mass is 186 g/mol. The molecule has 2 rings (SSSR count). The lowest BCUT2D eigenvalue weighted by Gasteiger charge is -1.97.